The zero-order chi connectivity index (χ0) is 10.8. The fourth-order valence-corrected chi connectivity index (χ4v) is 2.31. The lowest BCUT2D eigenvalue weighted by Gasteiger charge is -2.33. The molecule has 1 aromatic heterocycles. The molecule has 1 aromatic rings. The zero-order valence-corrected chi connectivity index (χ0v) is 10.7. The molecule has 15 heavy (non-hydrogen) atoms. The van der Waals surface area contributed by atoms with E-state index in [0.29, 0.717) is 16.7 Å². The molecular formula is C10H16BrN3O. The molecule has 2 rings (SSSR count). The van der Waals surface area contributed by atoms with E-state index in [4.69, 9.17) is 4.52 Å². The Morgan fingerprint density at radius 2 is 2.33 bits per heavy atom. The lowest BCUT2D eigenvalue weighted by molar-refractivity contribution is 0.153. The van der Waals surface area contributed by atoms with Crippen molar-refractivity contribution in [2.45, 2.75) is 38.6 Å². The van der Waals surface area contributed by atoms with Crippen LogP contribution < -0.4 is 0 Å². The molecule has 1 fully saturated rings. The normalized spacial score (nSPS) is 23.6. The SMILES string of the molecule is CC(C)N1CCCC(c2nc(Br)no2)C1. The van der Waals surface area contributed by atoms with E-state index in [1.165, 1.54) is 13.0 Å². The fourth-order valence-electron chi connectivity index (χ4n) is 2.06. The highest BCUT2D eigenvalue weighted by Gasteiger charge is 2.26. The van der Waals surface area contributed by atoms with Gasteiger partial charge in [0.2, 0.25) is 10.6 Å². The van der Waals surface area contributed by atoms with Gasteiger partial charge in [-0.2, -0.15) is 4.98 Å². The largest absolute Gasteiger partial charge is 0.338 e. The van der Waals surface area contributed by atoms with Crippen molar-refractivity contribution in [3.63, 3.8) is 0 Å². The Morgan fingerprint density at radius 3 is 2.93 bits per heavy atom. The first-order chi connectivity index (χ1) is 7.16. The van der Waals surface area contributed by atoms with Gasteiger partial charge in [0.25, 0.3) is 0 Å². The molecule has 0 aliphatic carbocycles. The highest BCUT2D eigenvalue weighted by molar-refractivity contribution is 9.10. The maximum absolute atomic E-state index is 5.20. The Kier molecular flexibility index (Phi) is 3.41. The molecule has 1 unspecified atom stereocenters. The van der Waals surface area contributed by atoms with Crippen LogP contribution in [0, 0.1) is 0 Å². The average molecular weight is 274 g/mol. The molecule has 0 amide bonds. The van der Waals surface area contributed by atoms with Gasteiger partial charge in [-0.15, -0.1) is 0 Å². The third-order valence-corrected chi connectivity index (χ3v) is 3.27. The monoisotopic (exact) mass is 273 g/mol. The first-order valence-electron chi connectivity index (χ1n) is 5.40. The van der Waals surface area contributed by atoms with Crippen LogP contribution in [-0.4, -0.2) is 34.2 Å². The van der Waals surface area contributed by atoms with E-state index in [1.54, 1.807) is 0 Å². The summed E-state index contributed by atoms with van der Waals surface area (Å²) in [6.07, 6.45) is 2.36. The van der Waals surface area contributed by atoms with Crippen molar-refractivity contribution in [3.05, 3.63) is 10.6 Å². The first kappa shape index (κ1) is 11.1. The highest BCUT2D eigenvalue weighted by Crippen LogP contribution is 2.27. The van der Waals surface area contributed by atoms with Gasteiger partial charge in [-0.25, -0.2) is 0 Å². The summed E-state index contributed by atoms with van der Waals surface area (Å²) < 4.78 is 5.75. The molecule has 2 heterocycles. The molecular weight excluding hydrogens is 258 g/mol. The standard InChI is InChI=1S/C10H16BrN3O/c1-7(2)14-5-3-4-8(6-14)9-12-10(11)13-15-9/h7-8H,3-6H2,1-2H3. The Labute approximate surface area is 98.2 Å². The van der Waals surface area contributed by atoms with Crippen LogP contribution in [0.15, 0.2) is 9.26 Å². The molecule has 0 spiro atoms. The number of hydrogen-bond donors (Lipinski definition) is 0. The van der Waals surface area contributed by atoms with E-state index in [-0.39, 0.29) is 0 Å². The summed E-state index contributed by atoms with van der Waals surface area (Å²) >= 11 is 3.21. The summed E-state index contributed by atoms with van der Waals surface area (Å²) in [5.41, 5.74) is 0. The van der Waals surface area contributed by atoms with Crippen LogP contribution in [0.2, 0.25) is 0 Å². The van der Waals surface area contributed by atoms with Gasteiger partial charge in [-0.3, -0.25) is 0 Å². The van der Waals surface area contributed by atoms with E-state index < -0.39 is 0 Å². The van der Waals surface area contributed by atoms with E-state index in [1.807, 2.05) is 0 Å². The second kappa shape index (κ2) is 4.61. The summed E-state index contributed by atoms with van der Waals surface area (Å²) in [6, 6.07) is 0.596. The summed E-state index contributed by atoms with van der Waals surface area (Å²) in [7, 11) is 0. The number of rotatable bonds is 2. The summed E-state index contributed by atoms with van der Waals surface area (Å²) in [4.78, 5) is 6.70. The molecule has 0 aromatic carbocycles. The number of halogens is 1. The van der Waals surface area contributed by atoms with Crippen LogP contribution in [0.4, 0.5) is 0 Å². The van der Waals surface area contributed by atoms with Gasteiger partial charge in [0, 0.05) is 12.6 Å². The summed E-state index contributed by atoms with van der Waals surface area (Å²) in [5.74, 6) is 1.17. The maximum Gasteiger partial charge on any atom is 0.238 e. The van der Waals surface area contributed by atoms with Crippen molar-refractivity contribution < 1.29 is 4.52 Å². The van der Waals surface area contributed by atoms with Gasteiger partial charge >= 0.3 is 0 Å². The molecule has 0 radical (unpaired) electrons. The lowest BCUT2D eigenvalue weighted by atomic mass is 9.97. The molecule has 5 heteroatoms. The van der Waals surface area contributed by atoms with Crippen molar-refractivity contribution in [2.24, 2.45) is 0 Å². The molecule has 1 saturated heterocycles. The van der Waals surface area contributed by atoms with E-state index >= 15 is 0 Å². The Balaban J connectivity index is 2.04. The Hall–Kier alpha value is -0.420. The maximum atomic E-state index is 5.20. The summed E-state index contributed by atoms with van der Waals surface area (Å²) in [5, 5.41) is 3.77. The van der Waals surface area contributed by atoms with Crippen LogP contribution in [0.5, 0.6) is 0 Å². The molecule has 1 atom stereocenters. The minimum atomic E-state index is 0.403. The van der Waals surface area contributed by atoms with Gasteiger partial charge in [0.05, 0.1) is 5.92 Å². The molecule has 0 N–H and O–H groups in total. The van der Waals surface area contributed by atoms with Crippen LogP contribution in [0.1, 0.15) is 38.5 Å². The number of hydrogen-bond acceptors (Lipinski definition) is 4. The molecule has 84 valence electrons. The minimum Gasteiger partial charge on any atom is -0.338 e. The molecule has 0 saturated carbocycles. The third kappa shape index (κ3) is 2.58. The first-order valence-corrected chi connectivity index (χ1v) is 6.19. The van der Waals surface area contributed by atoms with Crippen molar-refractivity contribution in [3.8, 4) is 0 Å². The van der Waals surface area contributed by atoms with Crippen LogP contribution >= 0.6 is 15.9 Å². The Bertz CT molecular complexity index is 326. The summed E-state index contributed by atoms with van der Waals surface area (Å²) in [6.45, 7) is 6.67. The van der Waals surface area contributed by atoms with Gasteiger partial charge in [0.15, 0.2) is 0 Å². The van der Waals surface area contributed by atoms with E-state index in [2.05, 4.69) is 44.8 Å². The number of aromatic nitrogens is 2. The molecule has 1 aliphatic heterocycles. The van der Waals surface area contributed by atoms with Crippen LogP contribution in [-0.2, 0) is 0 Å². The Morgan fingerprint density at radius 1 is 1.53 bits per heavy atom. The van der Waals surface area contributed by atoms with Crippen LogP contribution in [0.3, 0.4) is 0 Å². The molecule has 4 nitrogen and oxygen atoms in total. The van der Waals surface area contributed by atoms with Crippen molar-refractivity contribution in [1.29, 1.82) is 0 Å². The number of piperidine rings is 1. The van der Waals surface area contributed by atoms with Gasteiger partial charge < -0.3 is 9.42 Å². The predicted octanol–water partition coefficient (Wildman–Crippen LogP) is 2.42. The van der Waals surface area contributed by atoms with E-state index in [0.717, 1.165) is 18.9 Å². The second-order valence-electron chi connectivity index (χ2n) is 4.33. The number of nitrogens with zero attached hydrogens (tertiary/aromatic N) is 3. The lowest BCUT2D eigenvalue weighted by Crippen LogP contribution is -2.39. The molecule has 0 bridgehead atoms. The van der Waals surface area contributed by atoms with E-state index in [9.17, 15) is 0 Å². The van der Waals surface area contributed by atoms with Crippen molar-refractivity contribution in [2.75, 3.05) is 13.1 Å². The quantitative estimate of drug-likeness (QED) is 0.830. The van der Waals surface area contributed by atoms with Crippen molar-refractivity contribution >= 4 is 15.9 Å². The highest BCUT2D eigenvalue weighted by atomic mass is 79.9. The fraction of sp³-hybridized carbons (Fsp3) is 0.800. The van der Waals surface area contributed by atoms with Gasteiger partial charge in [0.1, 0.15) is 0 Å². The second-order valence-corrected chi connectivity index (χ2v) is 5.04. The predicted molar refractivity (Wildman–Crippen MR) is 60.7 cm³/mol. The smallest absolute Gasteiger partial charge is 0.238 e. The third-order valence-electron chi connectivity index (χ3n) is 2.95. The van der Waals surface area contributed by atoms with Gasteiger partial charge in [-0.05, 0) is 54.3 Å². The van der Waals surface area contributed by atoms with Crippen LogP contribution in [0.25, 0.3) is 0 Å². The average Bonchev–Trinajstić information content (AvgIpc) is 2.65. The number of likely N-dealkylation sites (tertiary alicyclic amines) is 1. The van der Waals surface area contributed by atoms with Crippen molar-refractivity contribution in [1.82, 2.24) is 15.0 Å². The minimum absolute atomic E-state index is 0.403. The topological polar surface area (TPSA) is 42.2 Å². The molecule has 1 aliphatic rings. The van der Waals surface area contributed by atoms with Gasteiger partial charge in [-0.1, -0.05) is 0 Å². The zero-order valence-electron chi connectivity index (χ0n) is 9.11.